The number of carbonyl (C=O) groups is 2. The number of methoxy groups -OCH3 is 1. The normalized spacial score (nSPS) is 5.62. The van der Waals surface area contributed by atoms with Crippen LogP contribution in [0.1, 0.15) is 30.5 Å². The number of esters is 1. The fourth-order valence-electron chi connectivity index (χ4n) is 2.03. The zero-order valence-electron chi connectivity index (χ0n) is 38.8. The van der Waals surface area contributed by atoms with E-state index in [1.807, 2.05) is 78.9 Å². The minimum atomic E-state index is -0.361. The standard InChI is InChI=1S/C9H8O2.C8H8O.C7H5O.C4H12N.C2H3ClO.CH4O.15CO.3Cr/c1-8(10)11-7-9-5-3-2-4-6-9;1-9-7-8-5-3-2-4-6-8;8-6-7-4-2-1-3-5-7;1-5(2,3)4;1-2(3)4;16*1-2;;;/h2-6H,1H3;2-6H,1H3;1-5H;1-4H3;1H3;2H,1H3;;;;;;;;;;;;;;;;;;/q;;-1;+1;;;;;;;;;;;;;;;;;;;;. The van der Waals surface area contributed by atoms with E-state index in [2.05, 4.69) is 187 Å². The van der Waals surface area contributed by atoms with Crippen LogP contribution in [-0.2, 0) is 136 Å². The summed E-state index contributed by atoms with van der Waals surface area (Å²) in [7, 11) is 11.2. The molecule has 380 valence electrons. The first-order valence-electron chi connectivity index (χ1n) is 15.2. The summed E-state index contributed by atoms with van der Waals surface area (Å²) in [5, 5.41) is 17.2. The second-order valence-electron chi connectivity index (χ2n) is 8.91. The Morgan fingerprint density at radius 1 is 0.444 bits per heavy atom. The Balaban J connectivity index is -0.0000000282. The molecule has 3 rings (SSSR count). The summed E-state index contributed by atoms with van der Waals surface area (Å²) in [6.07, 6.45) is 0. The van der Waals surface area contributed by atoms with Gasteiger partial charge in [0.25, 0.3) is 0 Å². The van der Waals surface area contributed by atoms with Crippen molar-refractivity contribution in [2.24, 2.45) is 0 Å². The van der Waals surface area contributed by atoms with Crippen LogP contribution in [0, 0.1) is 99.8 Å². The first kappa shape index (κ1) is 121. The van der Waals surface area contributed by atoms with E-state index in [0.717, 1.165) is 32.8 Å². The molecular weight excluding hydrogens is 1090 g/mol. The number of hydrogen-bond donors (Lipinski definition) is 1. The van der Waals surface area contributed by atoms with Crippen LogP contribution < -0.4 is 5.11 Å². The van der Waals surface area contributed by atoms with Crippen molar-refractivity contribution in [3.8, 4) is 0 Å². The second-order valence-corrected chi connectivity index (χ2v) is 11.2. The number of aliphatic hydroxyl groups is 1. The Labute approximate surface area is 448 Å². The van der Waals surface area contributed by atoms with E-state index < -0.39 is 0 Å². The molecule has 0 fully saturated rings. The Hall–Kier alpha value is -5.76. The molecule has 22 nitrogen and oxygen atoms in total. The molecule has 3 aromatic rings. The Morgan fingerprint density at radius 3 is 0.722 bits per heavy atom. The first-order valence-corrected chi connectivity index (χ1v) is 17.5. The molecule has 0 bridgehead atoms. The molecule has 0 aliphatic carbocycles. The van der Waals surface area contributed by atoms with Crippen molar-refractivity contribution in [2.45, 2.75) is 13.8 Å². The summed E-state index contributed by atoms with van der Waals surface area (Å²) >= 11 is 12.6. The van der Waals surface area contributed by atoms with Gasteiger partial charge in [-0.05, 0) is 11.6 Å². The van der Waals surface area contributed by atoms with E-state index >= 15 is 0 Å². The molecule has 1 N–H and O–H groups in total. The molecule has 0 aromatic heterocycles. The predicted molar refractivity (Wildman–Crippen MR) is 218 cm³/mol. The number of carbonyl (C=O) groups excluding carboxylic acids is 2. The molecule has 26 heteroatoms. The van der Waals surface area contributed by atoms with E-state index in [4.69, 9.17) is 84.4 Å². The summed E-state index contributed by atoms with van der Waals surface area (Å²) in [4.78, 5) is 19.8. The van der Waals surface area contributed by atoms with Gasteiger partial charge in [-0.1, -0.05) is 0 Å². The van der Waals surface area contributed by atoms with Gasteiger partial charge in [0, 0.05) is 14.0 Å². The maximum absolute atomic E-state index is 10.6. The number of aliphatic hydroxyl groups excluding tert-OH is 1. The van der Waals surface area contributed by atoms with Crippen molar-refractivity contribution in [1.82, 2.24) is 0 Å². The fraction of sp³-hybridized carbons (Fsp3) is 0.174. The quantitative estimate of drug-likeness (QED) is 0.131. The van der Waals surface area contributed by atoms with Gasteiger partial charge >= 0.3 is 378 Å². The summed E-state index contributed by atoms with van der Waals surface area (Å²) in [6.45, 7) is 70.2. The van der Waals surface area contributed by atoms with Crippen LogP contribution in [-0.4, -0.2) is 76.9 Å². The number of rotatable bonds is 5. The van der Waals surface area contributed by atoms with E-state index in [0.29, 0.717) is 4.57 Å². The average molecular weight is 1130 g/mol. The third-order valence-electron chi connectivity index (χ3n) is 3.45. The maximum atomic E-state index is 10.6. The molecule has 0 saturated carbocycles. The summed E-state index contributed by atoms with van der Waals surface area (Å²) in [6, 6.07) is 28.5. The molecule has 0 unspecified atom stereocenters. The van der Waals surface area contributed by atoms with Crippen molar-refractivity contribution in [2.75, 3.05) is 42.4 Å². The van der Waals surface area contributed by atoms with Crippen LogP contribution in [0.2, 0.25) is 0 Å². The van der Waals surface area contributed by atoms with Gasteiger partial charge in [0.1, 0.15) is 0 Å². The van der Waals surface area contributed by atoms with Crippen LogP contribution >= 0.6 is 11.6 Å². The summed E-state index contributed by atoms with van der Waals surface area (Å²) in [5.41, 5.74) is 2.69. The second kappa shape index (κ2) is 158. The zero-order chi connectivity index (χ0) is 63.1. The monoisotopic (exact) mass is 1130 g/mol. The van der Waals surface area contributed by atoms with Crippen LogP contribution in [0.5, 0.6) is 0 Å². The van der Waals surface area contributed by atoms with E-state index in [1.54, 1.807) is 19.2 Å². The Kier molecular flexibility index (Phi) is 266. The van der Waals surface area contributed by atoms with Gasteiger partial charge in [0.05, 0.1) is 28.2 Å². The number of benzene rings is 3. The van der Waals surface area contributed by atoms with E-state index in [1.165, 1.54) is 13.8 Å². The van der Waals surface area contributed by atoms with Crippen molar-refractivity contribution >= 4 is 36.5 Å². The van der Waals surface area contributed by atoms with Gasteiger partial charge < -0.3 is 9.59 Å². The van der Waals surface area contributed by atoms with Crippen LogP contribution in [0.4, 0.5) is 0 Å². The third kappa shape index (κ3) is 196. The SMILES string of the molecule is CC(=O)Cl.CC(=O)O[C](=[Cr])c1ccccc1.CO.CO[C](=[Cr])c1ccccc1.C[N+](C)(C)C.[C-]#[O+].[C-]#[O+].[C-]#[O+].[C-]#[O+].[C-]#[O+].[C-]#[O+].[C-]#[O+].[C-]#[O+].[C-]#[O+].[C-]#[O+].[C-]#[O+].[C-]#[O+].[C-]#[O+].[C-]#[O+].[C-]#[O+].[O-][C](=[Cr])c1ccccc1. The van der Waals surface area contributed by atoms with Gasteiger partial charge in [0.15, 0.2) is 0 Å². The van der Waals surface area contributed by atoms with E-state index in [-0.39, 0.29) is 15.8 Å². The van der Waals surface area contributed by atoms with Crippen LogP contribution in [0.15, 0.2) is 91.0 Å². The molecular formula is C46H40ClCr3NO21. The number of halogens is 1. The van der Waals surface area contributed by atoms with Crippen molar-refractivity contribution in [3.05, 3.63) is 207 Å². The Bertz CT molecular complexity index is 1700. The molecule has 3 aromatic carbocycles. The van der Waals surface area contributed by atoms with Gasteiger partial charge in [-0.3, -0.25) is 4.79 Å². The molecule has 0 atom stereocenters. The number of hydrogen-bond acceptors (Lipinski definition) is 6. The molecule has 0 aliphatic rings. The van der Waals surface area contributed by atoms with Gasteiger partial charge in [-0.25, -0.2) is 0 Å². The molecule has 0 radical (unpaired) electrons. The minimum absolute atomic E-state index is 0.00407. The Morgan fingerprint density at radius 2 is 0.597 bits per heavy atom. The first-order chi connectivity index (χ1) is 34.6. The summed E-state index contributed by atoms with van der Waals surface area (Å²) in [5.74, 6) is -0.312. The van der Waals surface area contributed by atoms with Crippen LogP contribution in [0.25, 0.3) is 0 Å². The fourth-order valence-corrected chi connectivity index (χ4v) is 2.85. The van der Waals surface area contributed by atoms with E-state index in [9.17, 15) is 14.7 Å². The molecule has 0 amide bonds. The summed E-state index contributed by atoms with van der Waals surface area (Å²) < 4.78 is 125. The third-order valence-corrected chi connectivity index (χ3v) is 4.94. The zero-order valence-corrected chi connectivity index (χ0v) is 43.4. The van der Waals surface area contributed by atoms with Crippen molar-refractivity contribution < 1.29 is 151 Å². The number of nitrogens with zero attached hydrogens (tertiary/aromatic N) is 1. The topological polar surface area (TPSA) is 394 Å². The predicted octanol–water partition coefficient (Wildman–Crippen LogP) is 2.84. The molecule has 72 heavy (non-hydrogen) atoms. The van der Waals surface area contributed by atoms with Crippen molar-refractivity contribution in [1.29, 1.82) is 0 Å². The molecule has 0 aliphatic heterocycles. The number of ether oxygens (including phenoxy) is 2. The average Bonchev–Trinajstić information content (AvgIpc) is 3.47. The van der Waals surface area contributed by atoms with Gasteiger partial charge in [0.2, 0.25) is 5.24 Å². The molecule has 0 heterocycles. The van der Waals surface area contributed by atoms with Crippen molar-refractivity contribution in [3.63, 3.8) is 0 Å². The molecule has 0 spiro atoms. The van der Waals surface area contributed by atoms with Gasteiger partial charge in [-0.15, -0.1) is 0 Å². The molecule has 0 saturated heterocycles. The van der Waals surface area contributed by atoms with Gasteiger partial charge in [-0.2, -0.15) is 0 Å². The van der Waals surface area contributed by atoms with Crippen LogP contribution in [0.3, 0.4) is 0 Å². The number of quaternary nitrogens is 1.